The highest BCUT2D eigenvalue weighted by Gasteiger charge is 2.42. The predicted molar refractivity (Wildman–Crippen MR) is 117 cm³/mol. The number of ether oxygens (including phenoxy) is 4. The van der Waals surface area contributed by atoms with E-state index in [2.05, 4.69) is 48.6 Å². The van der Waals surface area contributed by atoms with E-state index in [1.165, 1.54) is 0 Å². The number of halogens is 1. The van der Waals surface area contributed by atoms with Crippen LogP contribution in [0.2, 0.25) is 0 Å². The van der Waals surface area contributed by atoms with E-state index in [-0.39, 0.29) is 18.3 Å². The minimum Gasteiger partial charge on any atom is -0.497 e. The molecule has 0 bridgehead atoms. The van der Waals surface area contributed by atoms with Crippen LogP contribution < -0.4 is 4.74 Å². The quantitative estimate of drug-likeness (QED) is 0.247. The Hall–Kier alpha value is -0.630. The second-order valence-corrected chi connectivity index (χ2v) is 8.69. The number of hydrogen-bond donors (Lipinski definition) is 0. The van der Waals surface area contributed by atoms with Crippen molar-refractivity contribution in [3.8, 4) is 5.75 Å². The molecule has 0 aromatic heterocycles. The highest BCUT2D eigenvalue weighted by molar-refractivity contribution is 14.1. The van der Waals surface area contributed by atoms with Crippen LogP contribution in [0.1, 0.15) is 46.1 Å². The number of alkyl halides is 1. The minimum atomic E-state index is -0.488. The molecular weight excluding hydrogens is 455 g/mol. The molecule has 0 N–H and O–H groups in total. The molecule has 27 heavy (non-hydrogen) atoms. The van der Waals surface area contributed by atoms with Gasteiger partial charge in [0.1, 0.15) is 5.75 Å². The highest BCUT2D eigenvalue weighted by atomic mass is 127. The van der Waals surface area contributed by atoms with Gasteiger partial charge in [-0.05, 0) is 51.3 Å². The number of methoxy groups -OCH3 is 1. The lowest BCUT2D eigenvalue weighted by Crippen LogP contribution is -2.29. The maximum Gasteiger partial charge on any atom is 0.163 e. The van der Waals surface area contributed by atoms with Gasteiger partial charge in [-0.3, -0.25) is 0 Å². The van der Waals surface area contributed by atoms with Crippen LogP contribution in [-0.4, -0.2) is 35.6 Å². The van der Waals surface area contributed by atoms with Crippen molar-refractivity contribution in [1.29, 1.82) is 0 Å². The number of rotatable bonds is 10. The van der Waals surface area contributed by atoms with Gasteiger partial charge >= 0.3 is 0 Å². The Morgan fingerprint density at radius 1 is 1.19 bits per heavy atom. The molecule has 0 aliphatic carbocycles. The van der Waals surface area contributed by atoms with Crippen LogP contribution >= 0.6 is 22.6 Å². The lowest BCUT2D eigenvalue weighted by atomic mass is 9.97. The van der Waals surface area contributed by atoms with Crippen LogP contribution in [0.25, 0.3) is 0 Å². The van der Waals surface area contributed by atoms with Gasteiger partial charge in [0.2, 0.25) is 0 Å². The van der Waals surface area contributed by atoms with Crippen molar-refractivity contribution in [2.75, 3.05) is 11.5 Å². The van der Waals surface area contributed by atoms with E-state index in [0.717, 1.165) is 28.6 Å². The molecule has 5 heteroatoms. The fraction of sp³-hybridized carbons (Fsp3) is 0.636. The molecule has 0 radical (unpaired) electrons. The SMILES string of the molecule is COc1ccc(CO[C@H](C)C/C=C\C(C)[C@H]2OC(C)(C)O[C@@H]2CCI)cc1. The summed E-state index contributed by atoms with van der Waals surface area (Å²) in [7, 11) is 1.68. The first kappa shape index (κ1) is 22.7. The summed E-state index contributed by atoms with van der Waals surface area (Å²) in [4.78, 5) is 0. The lowest BCUT2D eigenvalue weighted by molar-refractivity contribution is -0.148. The van der Waals surface area contributed by atoms with Gasteiger partial charge in [-0.1, -0.05) is 53.8 Å². The third-order valence-corrected chi connectivity index (χ3v) is 5.36. The maximum atomic E-state index is 6.14. The van der Waals surface area contributed by atoms with Crippen molar-refractivity contribution in [2.24, 2.45) is 5.92 Å². The van der Waals surface area contributed by atoms with E-state index >= 15 is 0 Å². The van der Waals surface area contributed by atoms with E-state index < -0.39 is 5.79 Å². The van der Waals surface area contributed by atoms with Crippen LogP contribution in [0.15, 0.2) is 36.4 Å². The average molecular weight is 488 g/mol. The first-order valence-electron chi connectivity index (χ1n) is 9.67. The van der Waals surface area contributed by atoms with E-state index in [1.54, 1.807) is 7.11 Å². The van der Waals surface area contributed by atoms with Crippen LogP contribution in [0, 0.1) is 5.92 Å². The third-order valence-electron chi connectivity index (χ3n) is 4.73. The van der Waals surface area contributed by atoms with E-state index in [0.29, 0.717) is 12.5 Å². The molecule has 1 aliphatic heterocycles. The zero-order valence-corrected chi connectivity index (χ0v) is 19.3. The molecule has 0 amide bonds. The molecule has 1 unspecified atom stereocenters. The fourth-order valence-electron chi connectivity index (χ4n) is 3.26. The Labute approximate surface area is 177 Å². The summed E-state index contributed by atoms with van der Waals surface area (Å²) in [5, 5.41) is 0. The zero-order valence-electron chi connectivity index (χ0n) is 17.1. The molecule has 1 fully saturated rings. The number of benzene rings is 1. The van der Waals surface area contributed by atoms with Gasteiger partial charge in [0, 0.05) is 10.3 Å². The van der Waals surface area contributed by atoms with Crippen molar-refractivity contribution < 1.29 is 18.9 Å². The Bertz CT molecular complexity index is 584. The summed E-state index contributed by atoms with van der Waals surface area (Å²) < 4.78 is 24.4. The molecule has 2 rings (SSSR count). The summed E-state index contributed by atoms with van der Waals surface area (Å²) in [6.45, 7) is 8.92. The van der Waals surface area contributed by atoms with Crippen molar-refractivity contribution in [2.45, 2.75) is 71.2 Å². The Balaban J connectivity index is 1.77. The minimum absolute atomic E-state index is 0.113. The molecule has 4 atom stereocenters. The molecule has 4 nitrogen and oxygen atoms in total. The molecule has 1 aliphatic rings. The lowest BCUT2D eigenvalue weighted by Gasteiger charge is -2.21. The topological polar surface area (TPSA) is 36.9 Å². The molecule has 1 heterocycles. The summed E-state index contributed by atoms with van der Waals surface area (Å²) >= 11 is 2.40. The first-order valence-corrected chi connectivity index (χ1v) is 11.2. The molecule has 1 aromatic carbocycles. The van der Waals surface area contributed by atoms with Crippen molar-refractivity contribution in [1.82, 2.24) is 0 Å². The second-order valence-electron chi connectivity index (χ2n) is 7.61. The Morgan fingerprint density at radius 2 is 1.89 bits per heavy atom. The van der Waals surface area contributed by atoms with Gasteiger partial charge in [-0.25, -0.2) is 0 Å². The van der Waals surface area contributed by atoms with E-state index in [4.69, 9.17) is 18.9 Å². The van der Waals surface area contributed by atoms with Crippen molar-refractivity contribution >= 4 is 22.6 Å². The van der Waals surface area contributed by atoms with Gasteiger partial charge < -0.3 is 18.9 Å². The van der Waals surface area contributed by atoms with E-state index in [9.17, 15) is 0 Å². The maximum absolute atomic E-state index is 6.14. The summed E-state index contributed by atoms with van der Waals surface area (Å²) in [5.41, 5.74) is 1.15. The van der Waals surface area contributed by atoms with Crippen LogP contribution in [0.5, 0.6) is 5.75 Å². The summed E-state index contributed by atoms with van der Waals surface area (Å²) in [6.07, 6.45) is 6.80. The highest BCUT2D eigenvalue weighted by Crippen LogP contribution is 2.34. The summed E-state index contributed by atoms with van der Waals surface area (Å²) in [5.74, 6) is 0.692. The van der Waals surface area contributed by atoms with Crippen molar-refractivity contribution in [3.05, 3.63) is 42.0 Å². The average Bonchev–Trinajstić information content (AvgIpc) is 2.95. The van der Waals surface area contributed by atoms with E-state index in [1.807, 2.05) is 38.1 Å². The molecule has 0 spiro atoms. The van der Waals surface area contributed by atoms with Gasteiger partial charge in [0.05, 0.1) is 32.0 Å². The molecule has 0 saturated carbocycles. The second kappa shape index (κ2) is 10.8. The first-order chi connectivity index (χ1) is 12.8. The third kappa shape index (κ3) is 7.37. The largest absolute Gasteiger partial charge is 0.497 e. The Morgan fingerprint density at radius 3 is 2.52 bits per heavy atom. The van der Waals surface area contributed by atoms with Gasteiger partial charge in [0.15, 0.2) is 5.79 Å². The molecule has 152 valence electrons. The van der Waals surface area contributed by atoms with Gasteiger partial charge in [-0.15, -0.1) is 0 Å². The van der Waals surface area contributed by atoms with Gasteiger partial charge in [-0.2, -0.15) is 0 Å². The smallest absolute Gasteiger partial charge is 0.163 e. The molecule has 1 aromatic rings. The zero-order chi connectivity index (χ0) is 19.9. The molecule has 1 saturated heterocycles. The van der Waals surface area contributed by atoms with Crippen molar-refractivity contribution in [3.63, 3.8) is 0 Å². The normalized spacial score (nSPS) is 24.2. The van der Waals surface area contributed by atoms with Crippen LogP contribution in [0.3, 0.4) is 0 Å². The molecular formula is C22H33IO4. The fourth-order valence-corrected chi connectivity index (χ4v) is 3.88. The van der Waals surface area contributed by atoms with Gasteiger partial charge in [0.25, 0.3) is 0 Å². The standard InChI is InChI=1S/C22H33IO4/c1-16(21-20(13-14-23)26-22(3,4)27-21)7-6-8-17(2)25-15-18-9-11-19(24-5)12-10-18/h6-7,9-12,16-17,20-21H,8,13-15H2,1-5H3/b7-6-/t16?,17-,20-,21-/m1/s1. The van der Waals surface area contributed by atoms with Crippen LogP contribution in [0.4, 0.5) is 0 Å². The van der Waals surface area contributed by atoms with Crippen LogP contribution in [-0.2, 0) is 20.8 Å². The predicted octanol–water partition coefficient (Wildman–Crippen LogP) is 5.53. The number of hydrogen-bond acceptors (Lipinski definition) is 4. The monoisotopic (exact) mass is 488 g/mol. The summed E-state index contributed by atoms with van der Waals surface area (Å²) in [6, 6.07) is 8.00. The Kier molecular flexibility index (Phi) is 9.05.